The Morgan fingerprint density at radius 3 is 2.55 bits per heavy atom. The Morgan fingerprint density at radius 2 is 2.00 bits per heavy atom. The first-order chi connectivity index (χ1) is 9.71. The molecule has 0 saturated heterocycles. The normalized spacial score (nSPS) is 20.8. The molecule has 20 heavy (non-hydrogen) atoms. The van der Waals surface area contributed by atoms with Gasteiger partial charge < -0.3 is 0 Å². The minimum atomic E-state index is 0.731. The second-order valence-electron chi connectivity index (χ2n) is 5.81. The Balaban J connectivity index is 2.44. The van der Waals surface area contributed by atoms with E-state index in [2.05, 4.69) is 38.0 Å². The van der Waals surface area contributed by atoms with Crippen molar-refractivity contribution in [3.8, 4) is 0 Å². The van der Waals surface area contributed by atoms with Gasteiger partial charge in [-0.3, -0.25) is 10.3 Å². The van der Waals surface area contributed by atoms with Gasteiger partial charge in [-0.15, -0.1) is 0 Å². The molecule has 1 rings (SSSR count). The van der Waals surface area contributed by atoms with Crippen LogP contribution in [-0.4, -0.2) is 17.6 Å². The van der Waals surface area contributed by atoms with E-state index in [1.807, 2.05) is 6.92 Å². The summed E-state index contributed by atoms with van der Waals surface area (Å²) in [4.78, 5) is 5.41. The highest BCUT2D eigenvalue weighted by Crippen LogP contribution is 2.35. The monoisotopic (exact) mass is 299 g/mol. The van der Waals surface area contributed by atoms with Crippen LogP contribution in [0.15, 0.2) is 11.3 Å². The molecular weight excluding hydrogens is 266 g/mol. The van der Waals surface area contributed by atoms with E-state index in [9.17, 15) is 0 Å². The van der Waals surface area contributed by atoms with E-state index in [0.29, 0.717) is 0 Å². The van der Waals surface area contributed by atoms with Crippen LogP contribution in [0, 0.1) is 5.92 Å². The third-order valence-corrected chi connectivity index (χ3v) is 5.19. The van der Waals surface area contributed by atoms with Crippen molar-refractivity contribution in [3.05, 3.63) is 11.3 Å². The number of nitrogens with one attached hydrogen (secondary N) is 1. The van der Waals surface area contributed by atoms with Gasteiger partial charge in [0.1, 0.15) is 0 Å². The molecule has 1 saturated carbocycles. The van der Waals surface area contributed by atoms with Gasteiger partial charge >= 0.3 is 0 Å². The molecule has 0 radical (unpaired) electrons. The lowest BCUT2D eigenvalue weighted by Crippen LogP contribution is -2.20. The summed E-state index contributed by atoms with van der Waals surface area (Å²) in [7, 11) is 0. The predicted octanol–water partition coefficient (Wildman–Crippen LogP) is 5.30. The number of hydrogen-bond acceptors (Lipinski definition) is 3. The van der Waals surface area contributed by atoms with Gasteiger partial charge in [0, 0.05) is 10.9 Å². The number of rotatable bonds is 9. The van der Waals surface area contributed by atoms with Crippen molar-refractivity contribution in [1.29, 1.82) is 0 Å². The van der Waals surface area contributed by atoms with Gasteiger partial charge in [0.2, 0.25) is 0 Å². The van der Waals surface area contributed by atoms with E-state index in [1.54, 1.807) is 5.57 Å². The third kappa shape index (κ3) is 6.53. The van der Waals surface area contributed by atoms with Gasteiger partial charge in [0.05, 0.1) is 6.61 Å². The van der Waals surface area contributed by atoms with Crippen molar-refractivity contribution < 1.29 is 4.84 Å². The largest absolute Gasteiger partial charge is 0.277 e. The first kappa shape index (κ1) is 17.9. The van der Waals surface area contributed by atoms with Crippen LogP contribution in [0.5, 0.6) is 0 Å². The molecule has 3 heteroatoms. The van der Waals surface area contributed by atoms with E-state index >= 15 is 0 Å². The molecule has 1 aliphatic carbocycles. The van der Waals surface area contributed by atoms with Gasteiger partial charge in [0.25, 0.3) is 0 Å². The van der Waals surface area contributed by atoms with Gasteiger partial charge in [-0.05, 0) is 62.7 Å². The maximum Gasteiger partial charge on any atom is 0.0717 e. The highest BCUT2D eigenvalue weighted by Gasteiger charge is 2.20. The molecule has 0 aliphatic heterocycles. The fourth-order valence-corrected chi connectivity index (χ4v) is 4.07. The van der Waals surface area contributed by atoms with E-state index in [0.717, 1.165) is 24.2 Å². The predicted molar refractivity (Wildman–Crippen MR) is 90.9 cm³/mol. The van der Waals surface area contributed by atoms with Gasteiger partial charge in [-0.25, -0.2) is 0 Å². The molecule has 1 aliphatic rings. The van der Waals surface area contributed by atoms with E-state index in [-0.39, 0.29) is 0 Å². The summed E-state index contributed by atoms with van der Waals surface area (Å²) in [6.07, 6.45) is 8.98. The first-order valence-electron chi connectivity index (χ1n) is 8.41. The molecule has 1 atom stereocenters. The number of allylic oxidation sites excluding steroid dienone is 2. The summed E-state index contributed by atoms with van der Waals surface area (Å²) in [6.45, 7) is 9.65. The van der Waals surface area contributed by atoms with Gasteiger partial charge in [-0.2, -0.15) is 11.8 Å². The van der Waals surface area contributed by atoms with Crippen LogP contribution in [0.4, 0.5) is 0 Å². The average Bonchev–Trinajstić information content (AvgIpc) is 2.44. The molecule has 0 spiro atoms. The van der Waals surface area contributed by atoms with Crippen molar-refractivity contribution in [2.45, 2.75) is 77.9 Å². The van der Waals surface area contributed by atoms with Crippen molar-refractivity contribution in [3.63, 3.8) is 0 Å². The summed E-state index contributed by atoms with van der Waals surface area (Å²) >= 11 is 2.11. The molecule has 1 N–H and O–H groups in total. The van der Waals surface area contributed by atoms with Gasteiger partial charge in [-0.1, -0.05) is 27.2 Å². The second-order valence-corrected chi connectivity index (χ2v) is 7.53. The van der Waals surface area contributed by atoms with Crippen LogP contribution in [0.2, 0.25) is 0 Å². The number of thioether (sulfide) groups is 1. The SMILES string of the molecule is CCCC(NOCC)=C1CCC(CC(C)SCC)CC1. The standard InChI is InChI=1S/C17H33NOS/c1-5-8-17(18-19-6-2)16-11-9-15(10-12-16)13-14(4)20-7-3/h14-15,18H,5-13H2,1-4H3. The second kappa shape index (κ2) is 10.6. The summed E-state index contributed by atoms with van der Waals surface area (Å²) < 4.78 is 0. The molecule has 0 aromatic rings. The lowest BCUT2D eigenvalue weighted by atomic mass is 9.82. The molecule has 0 heterocycles. The molecule has 0 aromatic carbocycles. The Bertz CT molecular complexity index is 281. The lowest BCUT2D eigenvalue weighted by Gasteiger charge is -2.28. The van der Waals surface area contributed by atoms with E-state index in [1.165, 1.54) is 50.0 Å². The zero-order valence-corrected chi connectivity index (χ0v) is 14.7. The summed E-state index contributed by atoms with van der Waals surface area (Å²) in [5, 5.41) is 0.826. The van der Waals surface area contributed by atoms with Crippen LogP contribution in [0.3, 0.4) is 0 Å². The summed E-state index contributed by atoms with van der Waals surface area (Å²) in [6, 6.07) is 0. The Morgan fingerprint density at radius 1 is 1.30 bits per heavy atom. The quantitative estimate of drug-likeness (QED) is 0.583. The smallest absolute Gasteiger partial charge is 0.0717 e. The van der Waals surface area contributed by atoms with Crippen molar-refractivity contribution in [2.24, 2.45) is 5.92 Å². The Hall–Kier alpha value is -0.150. The topological polar surface area (TPSA) is 21.3 Å². The molecule has 1 fully saturated rings. The highest BCUT2D eigenvalue weighted by atomic mass is 32.2. The zero-order valence-electron chi connectivity index (χ0n) is 13.8. The highest BCUT2D eigenvalue weighted by molar-refractivity contribution is 7.99. The lowest BCUT2D eigenvalue weighted by molar-refractivity contribution is 0.0694. The minimum absolute atomic E-state index is 0.731. The van der Waals surface area contributed by atoms with Gasteiger partial charge in [0.15, 0.2) is 0 Å². The molecule has 1 unspecified atom stereocenters. The van der Waals surface area contributed by atoms with Crippen LogP contribution in [0.25, 0.3) is 0 Å². The van der Waals surface area contributed by atoms with Crippen LogP contribution >= 0.6 is 11.8 Å². The van der Waals surface area contributed by atoms with E-state index < -0.39 is 0 Å². The molecule has 0 amide bonds. The van der Waals surface area contributed by atoms with E-state index in [4.69, 9.17) is 4.84 Å². The summed E-state index contributed by atoms with van der Waals surface area (Å²) in [5.74, 6) is 2.18. The fourth-order valence-electron chi connectivity index (χ4n) is 3.09. The average molecular weight is 300 g/mol. The Labute approximate surface area is 130 Å². The molecule has 0 bridgehead atoms. The zero-order chi connectivity index (χ0) is 14.8. The third-order valence-electron chi connectivity index (χ3n) is 4.09. The van der Waals surface area contributed by atoms with Crippen LogP contribution in [-0.2, 0) is 4.84 Å². The maximum absolute atomic E-state index is 5.41. The number of hydrogen-bond donors (Lipinski definition) is 1. The molecular formula is C17H33NOS. The van der Waals surface area contributed by atoms with Crippen molar-refractivity contribution >= 4 is 11.8 Å². The molecule has 2 nitrogen and oxygen atoms in total. The number of hydroxylamine groups is 1. The van der Waals surface area contributed by atoms with Crippen molar-refractivity contribution in [2.75, 3.05) is 12.4 Å². The molecule has 0 aromatic heterocycles. The Kier molecular flexibility index (Phi) is 9.45. The van der Waals surface area contributed by atoms with Crippen LogP contribution in [0.1, 0.15) is 72.6 Å². The minimum Gasteiger partial charge on any atom is -0.277 e. The summed E-state index contributed by atoms with van der Waals surface area (Å²) in [5.41, 5.74) is 6.17. The van der Waals surface area contributed by atoms with Crippen molar-refractivity contribution in [1.82, 2.24) is 5.48 Å². The first-order valence-corrected chi connectivity index (χ1v) is 9.46. The maximum atomic E-state index is 5.41. The van der Waals surface area contributed by atoms with Crippen LogP contribution < -0.4 is 5.48 Å². The molecule has 118 valence electrons. The fraction of sp³-hybridized carbons (Fsp3) is 0.882.